The van der Waals surface area contributed by atoms with Crippen molar-refractivity contribution in [1.82, 2.24) is 0 Å². The molecule has 0 aliphatic heterocycles. The van der Waals surface area contributed by atoms with Crippen molar-refractivity contribution in [1.29, 1.82) is 0 Å². The highest BCUT2D eigenvalue weighted by Crippen LogP contribution is 2.15. The smallest absolute Gasteiger partial charge is 0.348 e. The summed E-state index contributed by atoms with van der Waals surface area (Å²) in [6.45, 7) is -0.330. The van der Waals surface area contributed by atoms with Crippen LogP contribution in [0.1, 0.15) is 9.67 Å². The fourth-order valence-corrected chi connectivity index (χ4v) is 2.17. The number of ether oxygens (including phenoxy) is 1. The summed E-state index contributed by atoms with van der Waals surface area (Å²) in [4.78, 5) is 23.5. The van der Waals surface area contributed by atoms with Gasteiger partial charge in [-0.05, 0) is 29.6 Å². The highest BCUT2D eigenvalue weighted by Gasteiger charge is 2.10. The highest BCUT2D eigenvalue weighted by atomic mass is 35.5. The number of hydrogen-bond acceptors (Lipinski definition) is 4. The third kappa shape index (κ3) is 4.08. The van der Waals surface area contributed by atoms with Crippen LogP contribution in [0.3, 0.4) is 0 Å². The van der Waals surface area contributed by atoms with Crippen LogP contribution < -0.4 is 5.32 Å². The summed E-state index contributed by atoms with van der Waals surface area (Å²) in [5, 5.41) is 4.87. The van der Waals surface area contributed by atoms with Crippen LogP contribution in [0.2, 0.25) is 5.02 Å². The number of benzene rings is 1. The van der Waals surface area contributed by atoms with Gasteiger partial charge in [0.05, 0.1) is 0 Å². The summed E-state index contributed by atoms with van der Waals surface area (Å²) in [5.74, 6) is -0.914. The highest BCUT2D eigenvalue weighted by molar-refractivity contribution is 7.11. The maximum atomic E-state index is 11.6. The maximum Gasteiger partial charge on any atom is 0.348 e. The zero-order chi connectivity index (χ0) is 13.7. The normalized spacial score (nSPS) is 9.95. The number of amides is 1. The Kier molecular flexibility index (Phi) is 4.54. The van der Waals surface area contributed by atoms with Crippen molar-refractivity contribution >= 4 is 40.5 Å². The van der Waals surface area contributed by atoms with Crippen molar-refractivity contribution in [2.24, 2.45) is 0 Å². The molecule has 0 saturated carbocycles. The number of thiophene rings is 1. The molecule has 1 amide bonds. The van der Waals surface area contributed by atoms with E-state index in [4.69, 9.17) is 16.3 Å². The average Bonchev–Trinajstić information content (AvgIpc) is 2.90. The van der Waals surface area contributed by atoms with Crippen molar-refractivity contribution in [2.75, 3.05) is 11.9 Å². The molecule has 0 fully saturated rings. The predicted octanol–water partition coefficient (Wildman–Crippen LogP) is 3.20. The fraction of sp³-hybridized carbons (Fsp3) is 0.0769. The van der Waals surface area contributed by atoms with Crippen LogP contribution >= 0.6 is 22.9 Å². The Morgan fingerprint density at radius 2 is 2.11 bits per heavy atom. The van der Waals surface area contributed by atoms with E-state index < -0.39 is 11.9 Å². The molecule has 0 aliphatic carbocycles. The molecule has 0 bridgehead atoms. The lowest BCUT2D eigenvalue weighted by molar-refractivity contribution is -0.119. The van der Waals surface area contributed by atoms with Crippen LogP contribution in [0.15, 0.2) is 41.8 Å². The second-order valence-corrected chi connectivity index (χ2v) is 5.00. The van der Waals surface area contributed by atoms with Crippen LogP contribution in [0, 0.1) is 0 Å². The summed E-state index contributed by atoms with van der Waals surface area (Å²) >= 11 is 7.05. The van der Waals surface area contributed by atoms with E-state index in [2.05, 4.69) is 5.32 Å². The Morgan fingerprint density at radius 1 is 1.26 bits per heavy atom. The number of nitrogens with one attached hydrogen (secondary N) is 1. The van der Waals surface area contributed by atoms with Gasteiger partial charge in [-0.25, -0.2) is 4.79 Å². The molecule has 1 aromatic heterocycles. The average molecular weight is 296 g/mol. The van der Waals surface area contributed by atoms with Crippen LogP contribution in [-0.2, 0) is 9.53 Å². The molecular weight excluding hydrogens is 286 g/mol. The minimum absolute atomic E-state index is 0.330. The molecule has 1 heterocycles. The summed E-state index contributed by atoms with van der Waals surface area (Å²) in [5.41, 5.74) is 0.560. The molecule has 0 radical (unpaired) electrons. The van der Waals surface area contributed by atoms with Gasteiger partial charge in [0.15, 0.2) is 6.61 Å². The van der Waals surface area contributed by atoms with Gasteiger partial charge < -0.3 is 10.1 Å². The van der Waals surface area contributed by atoms with Crippen LogP contribution in [-0.4, -0.2) is 18.5 Å². The first-order valence-corrected chi connectivity index (χ1v) is 6.67. The summed E-state index contributed by atoms with van der Waals surface area (Å²) in [6, 6.07) is 10.1. The molecule has 0 saturated heterocycles. The molecule has 4 nitrogen and oxygen atoms in total. The third-order valence-corrected chi connectivity index (χ3v) is 3.25. The van der Waals surface area contributed by atoms with E-state index in [0.717, 1.165) is 0 Å². The molecule has 0 unspecified atom stereocenters. The van der Waals surface area contributed by atoms with Crippen LogP contribution in [0.25, 0.3) is 0 Å². The van der Waals surface area contributed by atoms with Gasteiger partial charge in [0, 0.05) is 10.7 Å². The second-order valence-electron chi connectivity index (χ2n) is 3.61. The van der Waals surface area contributed by atoms with E-state index >= 15 is 0 Å². The standard InChI is InChI=1S/C13H10ClNO3S/c14-9-3-1-4-10(7-9)15-12(16)8-18-13(17)11-5-2-6-19-11/h1-7H,8H2,(H,15,16). The number of halogens is 1. The zero-order valence-electron chi connectivity index (χ0n) is 9.76. The number of esters is 1. The fourth-order valence-electron chi connectivity index (χ4n) is 1.36. The molecule has 19 heavy (non-hydrogen) atoms. The summed E-state index contributed by atoms with van der Waals surface area (Å²) in [6.07, 6.45) is 0. The lowest BCUT2D eigenvalue weighted by atomic mass is 10.3. The summed E-state index contributed by atoms with van der Waals surface area (Å²) in [7, 11) is 0. The van der Waals surface area contributed by atoms with Gasteiger partial charge in [-0.2, -0.15) is 0 Å². The minimum atomic E-state index is -0.503. The Labute approximate surface area is 119 Å². The molecule has 1 N–H and O–H groups in total. The number of carbonyl (C=O) groups is 2. The molecular formula is C13H10ClNO3S. The van der Waals surface area contributed by atoms with Crippen molar-refractivity contribution in [3.8, 4) is 0 Å². The van der Waals surface area contributed by atoms with Gasteiger partial charge in [0.2, 0.25) is 0 Å². The predicted molar refractivity (Wildman–Crippen MR) is 74.7 cm³/mol. The van der Waals surface area contributed by atoms with E-state index in [1.807, 2.05) is 0 Å². The van der Waals surface area contributed by atoms with Gasteiger partial charge in [-0.1, -0.05) is 23.7 Å². The molecule has 0 atom stereocenters. The molecule has 6 heteroatoms. The Morgan fingerprint density at radius 3 is 2.79 bits per heavy atom. The van der Waals surface area contributed by atoms with E-state index in [1.165, 1.54) is 11.3 Å². The lowest BCUT2D eigenvalue weighted by Gasteiger charge is -2.06. The van der Waals surface area contributed by atoms with Crippen LogP contribution in [0.5, 0.6) is 0 Å². The van der Waals surface area contributed by atoms with E-state index in [0.29, 0.717) is 15.6 Å². The van der Waals surface area contributed by atoms with Crippen molar-refractivity contribution in [3.63, 3.8) is 0 Å². The SMILES string of the molecule is O=C(COC(=O)c1cccs1)Nc1cccc(Cl)c1. The lowest BCUT2D eigenvalue weighted by Crippen LogP contribution is -2.20. The monoisotopic (exact) mass is 295 g/mol. The largest absolute Gasteiger partial charge is 0.451 e. The molecule has 0 aliphatic rings. The van der Waals surface area contributed by atoms with Gasteiger partial charge >= 0.3 is 5.97 Å². The Balaban J connectivity index is 1.83. The van der Waals surface area contributed by atoms with E-state index in [-0.39, 0.29) is 6.61 Å². The molecule has 2 rings (SSSR count). The minimum Gasteiger partial charge on any atom is -0.451 e. The van der Waals surface area contributed by atoms with Gasteiger partial charge in [-0.3, -0.25) is 4.79 Å². The van der Waals surface area contributed by atoms with Gasteiger partial charge in [-0.15, -0.1) is 11.3 Å². The van der Waals surface area contributed by atoms with Crippen molar-refractivity contribution < 1.29 is 14.3 Å². The van der Waals surface area contributed by atoms with Crippen molar-refractivity contribution in [3.05, 3.63) is 51.7 Å². The first-order chi connectivity index (χ1) is 9.15. The maximum absolute atomic E-state index is 11.6. The zero-order valence-corrected chi connectivity index (χ0v) is 11.3. The number of rotatable bonds is 4. The first kappa shape index (κ1) is 13.6. The topological polar surface area (TPSA) is 55.4 Å². The molecule has 1 aromatic carbocycles. The van der Waals surface area contributed by atoms with Crippen molar-refractivity contribution in [2.45, 2.75) is 0 Å². The van der Waals surface area contributed by atoms with Crippen LogP contribution in [0.4, 0.5) is 5.69 Å². The van der Waals surface area contributed by atoms with Gasteiger partial charge in [0.1, 0.15) is 4.88 Å². The Hall–Kier alpha value is -1.85. The second kappa shape index (κ2) is 6.36. The quantitative estimate of drug-likeness (QED) is 0.881. The van der Waals surface area contributed by atoms with Gasteiger partial charge in [0.25, 0.3) is 5.91 Å². The number of hydrogen-bond donors (Lipinski definition) is 1. The molecule has 2 aromatic rings. The summed E-state index contributed by atoms with van der Waals surface area (Å²) < 4.78 is 4.88. The first-order valence-electron chi connectivity index (χ1n) is 5.41. The third-order valence-electron chi connectivity index (χ3n) is 2.17. The van der Waals surface area contributed by atoms with E-state index in [1.54, 1.807) is 41.8 Å². The molecule has 0 spiro atoms. The van der Waals surface area contributed by atoms with E-state index in [9.17, 15) is 9.59 Å². The Bertz CT molecular complexity index is 583. The number of carbonyl (C=O) groups excluding carboxylic acids is 2. The number of anilines is 1. The molecule has 98 valence electrons.